The molecular formula is C42H21N3S4. The lowest BCUT2D eigenvalue weighted by molar-refractivity contribution is 1.02. The van der Waals surface area contributed by atoms with E-state index in [1.807, 2.05) is 45.3 Å². The lowest BCUT2D eigenvalue weighted by Gasteiger charge is -2.12. The number of fused-ring (bicyclic) bond motifs is 16. The fraction of sp³-hybridized carbons (Fsp3) is 0. The minimum Gasteiger partial charge on any atom is -0.275 e. The van der Waals surface area contributed by atoms with E-state index in [9.17, 15) is 0 Å². The Labute approximate surface area is 294 Å². The van der Waals surface area contributed by atoms with Crippen LogP contribution in [0.1, 0.15) is 0 Å². The van der Waals surface area contributed by atoms with Gasteiger partial charge < -0.3 is 0 Å². The molecule has 0 fully saturated rings. The molecule has 0 unspecified atom stereocenters. The van der Waals surface area contributed by atoms with Crippen LogP contribution >= 0.6 is 45.3 Å². The Morgan fingerprint density at radius 2 is 0.918 bits per heavy atom. The van der Waals surface area contributed by atoms with Crippen molar-refractivity contribution < 1.29 is 0 Å². The minimum absolute atomic E-state index is 0.709. The Balaban J connectivity index is 1.30. The van der Waals surface area contributed by atoms with Crippen LogP contribution in [-0.2, 0) is 0 Å². The molecule has 3 nitrogen and oxygen atoms in total. The lowest BCUT2D eigenvalue weighted by Crippen LogP contribution is -2.03. The largest absolute Gasteiger partial charge is 0.275 e. The normalized spacial score (nSPS) is 12.5. The molecule has 0 bridgehead atoms. The molecule has 0 saturated carbocycles. The van der Waals surface area contributed by atoms with Crippen LogP contribution in [0.5, 0.6) is 0 Å². The van der Waals surface area contributed by atoms with E-state index in [0.717, 1.165) is 22.2 Å². The number of nitrogens with zero attached hydrogens (tertiary/aromatic N) is 3. The average molecular weight is 696 g/mol. The zero-order chi connectivity index (χ0) is 31.8. The van der Waals surface area contributed by atoms with Gasteiger partial charge in [-0.2, -0.15) is 0 Å². The van der Waals surface area contributed by atoms with Crippen molar-refractivity contribution in [2.45, 2.75) is 0 Å². The molecule has 6 aromatic heterocycles. The van der Waals surface area contributed by atoms with Crippen LogP contribution in [0.4, 0.5) is 0 Å². The molecule has 228 valence electrons. The van der Waals surface area contributed by atoms with Crippen LogP contribution in [-0.4, -0.2) is 14.5 Å². The van der Waals surface area contributed by atoms with Gasteiger partial charge in [-0.15, -0.1) is 45.3 Å². The van der Waals surface area contributed by atoms with E-state index in [0.29, 0.717) is 5.95 Å². The Bertz CT molecular complexity index is 3180. The minimum atomic E-state index is 0.709. The second-order valence-corrected chi connectivity index (χ2v) is 17.2. The first-order valence-corrected chi connectivity index (χ1v) is 19.4. The SMILES string of the molecule is c1ccc(-c2nc(-n3c4c(ccc5c4sc4sc6ccccc6c45)c4ccc5c(sc6sc7ccccc7c65)c43)nc3ccccc23)cc1. The van der Waals surface area contributed by atoms with Gasteiger partial charge in [-0.05, 0) is 18.2 Å². The van der Waals surface area contributed by atoms with Gasteiger partial charge in [-0.3, -0.25) is 4.57 Å². The summed E-state index contributed by atoms with van der Waals surface area (Å²) in [5, 5.41) is 11.5. The van der Waals surface area contributed by atoms with Crippen molar-refractivity contribution in [3.05, 3.63) is 127 Å². The Morgan fingerprint density at radius 1 is 0.408 bits per heavy atom. The maximum Gasteiger partial charge on any atom is 0.235 e. The summed E-state index contributed by atoms with van der Waals surface area (Å²) in [5.41, 5.74) is 5.36. The first kappa shape index (κ1) is 26.7. The Hall–Kier alpha value is -5.18. The van der Waals surface area contributed by atoms with Crippen molar-refractivity contribution in [3.63, 3.8) is 0 Å². The number of thiophene rings is 4. The first-order chi connectivity index (χ1) is 24.3. The molecule has 6 heterocycles. The third-order valence-corrected chi connectivity index (χ3v) is 14.8. The number of hydrogen-bond acceptors (Lipinski definition) is 6. The average Bonchev–Trinajstić information content (AvgIpc) is 3.94. The summed E-state index contributed by atoms with van der Waals surface area (Å²) >= 11 is 7.60. The van der Waals surface area contributed by atoms with Gasteiger partial charge in [0.25, 0.3) is 0 Å². The van der Waals surface area contributed by atoms with Gasteiger partial charge in [-0.1, -0.05) is 109 Å². The zero-order valence-corrected chi connectivity index (χ0v) is 28.9. The highest BCUT2D eigenvalue weighted by Crippen LogP contribution is 2.51. The van der Waals surface area contributed by atoms with Crippen LogP contribution in [0.15, 0.2) is 127 Å². The third-order valence-electron chi connectivity index (χ3n) is 9.89. The maximum atomic E-state index is 5.48. The second kappa shape index (κ2) is 9.71. The molecule has 0 aliphatic rings. The zero-order valence-electron chi connectivity index (χ0n) is 25.6. The third kappa shape index (κ3) is 3.55. The summed E-state index contributed by atoms with van der Waals surface area (Å²) in [7, 11) is 0. The van der Waals surface area contributed by atoms with Crippen LogP contribution in [0.25, 0.3) is 109 Å². The number of benzene rings is 6. The van der Waals surface area contributed by atoms with Gasteiger partial charge in [0.2, 0.25) is 5.95 Å². The van der Waals surface area contributed by atoms with Crippen LogP contribution in [0.2, 0.25) is 0 Å². The van der Waals surface area contributed by atoms with E-state index in [4.69, 9.17) is 9.97 Å². The molecule has 49 heavy (non-hydrogen) atoms. The van der Waals surface area contributed by atoms with Crippen LogP contribution in [0, 0.1) is 0 Å². The number of hydrogen-bond donors (Lipinski definition) is 0. The summed E-state index contributed by atoms with van der Waals surface area (Å²) < 4.78 is 10.4. The number of para-hydroxylation sites is 1. The summed E-state index contributed by atoms with van der Waals surface area (Å²) in [6.45, 7) is 0. The van der Waals surface area contributed by atoms with E-state index in [-0.39, 0.29) is 0 Å². The van der Waals surface area contributed by atoms with Crippen molar-refractivity contribution >= 4 is 137 Å². The van der Waals surface area contributed by atoms with E-state index >= 15 is 0 Å². The highest BCUT2D eigenvalue weighted by Gasteiger charge is 2.25. The number of rotatable bonds is 2. The van der Waals surface area contributed by atoms with Crippen LogP contribution < -0.4 is 0 Å². The predicted molar refractivity (Wildman–Crippen MR) is 216 cm³/mol. The maximum absolute atomic E-state index is 5.48. The fourth-order valence-corrected chi connectivity index (χ4v) is 13.2. The molecule has 12 rings (SSSR count). The quantitative estimate of drug-likeness (QED) is 0.180. The smallest absolute Gasteiger partial charge is 0.235 e. The summed E-state index contributed by atoms with van der Waals surface area (Å²) in [4.78, 5) is 10.8. The molecule has 12 aromatic rings. The highest BCUT2D eigenvalue weighted by molar-refractivity contribution is 7.45. The fourth-order valence-electron chi connectivity index (χ4n) is 7.80. The van der Waals surface area contributed by atoms with E-state index in [1.54, 1.807) is 0 Å². The van der Waals surface area contributed by atoms with Crippen LogP contribution in [0.3, 0.4) is 0 Å². The molecule has 6 aromatic carbocycles. The standard InChI is InChI=1S/C42H21N3S4/c1-2-10-22(11-3-1)35-25-12-4-7-15-30(25)43-42(44-35)45-36-23(18-20-28-33-26-13-5-8-16-31(26)46-40(33)48-38(28)36)24-19-21-29-34-27-14-6-9-17-32(27)47-41(34)49-39(29)37(24)45/h1-21H. The second-order valence-electron chi connectivity index (χ2n) is 12.5. The van der Waals surface area contributed by atoms with Crippen molar-refractivity contribution in [2.24, 2.45) is 0 Å². The van der Waals surface area contributed by atoms with Gasteiger partial charge in [0, 0.05) is 63.4 Å². The van der Waals surface area contributed by atoms with Crippen molar-refractivity contribution in [2.75, 3.05) is 0 Å². The molecule has 0 N–H and O–H groups in total. The summed E-state index contributed by atoms with van der Waals surface area (Å²) in [6.07, 6.45) is 0. The predicted octanol–water partition coefficient (Wildman–Crippen LogP) is 13.6. The van der Waals surface area contributed by atoms with Crippen molar-refractivity contribution in [3.8, 4) is 17.2 Å². The summed E-state index contributed by atoms with van der Waals surface area (Å²) in [6, 6.07) is 45.9. The van der Waals surface area contributed by atoms with E-state index in [2.05, 4.69) is 132 Å². The summed E-state index contributed by atoms with van der Waals surface area (Å²) in [5.74, 6) is 0.709. The van der Waals surface area contributed by atoms with Gasteiger partial charge in [0.1, 0.15) is 0 Å². The molecular weight excluding hydrogens is 675 g/mol. The van der Waals surface area contributed by atoms with Crippen molar-refractivity contribution in [1.29, 1.82) is 0 Å². The molecule has 0 aliphatic heterocycles. The molecule has 0 atom stereocenters. The highest BCUT2D eigenvalue weighted by atomic mass is 32.2. The lowest BCUT2D eigenvalue weighted by atomic mass is 10.1. The molecule has 0 saturated heterocycles. The Morgan fingerprint density at radius 3 is 1.53 bits per heavy atom. The van der Waals surface area contributed by atoms with Gasteiger partial charge >= 0.3 is 0 Å². The van der Waals surface area contributed by atoms with Crippen molar-refractivity contribution in [1.82, 2.24) is 14.5 Å². The van der Waals surface area contributed by atoms with Gasteiger partial charge in [-0.25, -0.2) is 9.97 Å². The first-order valence-electron chi connectivity index (χ1n) is 16.2. The number of aromatic nitrogens is 3. The van der Waals surface area contributed by atoms with Gasteiger partial charge in [0.15, 0.2) is 0 Å². The monoisotopic (exact) mass is 695 g/mol. The molecule has 7 heteroatoms. The Kier molecular flexibility index (Phi) is 5.30. The van der Waals surface area contributed by atoms with Gasteiger partial charge in [0.05, 0.1) is 39.7 Å². The topological polar surface area (TPSA) is 30.7 Å². The molecule has 0 amide bonds. The molecule has 0 aliphatic carbocycles. The molecule has 0 radical (unpaired) electrons. The van der Waals surface area contributed by atoms with E-state index in [1.165, 1.54) is 81.0 Å². The molecule has 0 spiro atoms. The van der Waals surface area contributed by atoms with E-state index < -0.39 is 0 Å².